The highest BCUT2D eigenvalue weighted by molar-refractivity contribution is 5.81. The monoisotopic (exact) mass is 557 g/mol. The van der Waals surface area contributed by atoms with E-state index in [1.807, 2.05) is 50.3 Å². The molecule has 0 aliphatic heterocycles. The van der Waals surface area contributed by atoms with Crippen LogP contribution in [0, 0.1) is 17.3 Å². The Morgan fingerprint density at radius 3 is 2.73 bits per heavy atom. The number of amides is 1. The van der Waals surface area contributed by atoms with Gasteiger partial charge in [-0.15, -0.1) is 0 Å². The zero-order valence-corrected chi connectivity index (χ0v) is 24.1. The number of pyridine rings is 1. The quantitative estimate of drug-likeness (QED) is 0.285. The first-order chi connectivity index (χ1) is 19.8. The van der Waals surface area contributed by atoms with E-state index in [4.69, 9.17) is 9.72 Å². The highest BCUT2D eigenvalue weighted by Crippen LogP contribution is 2.66. The molecule has 2 aromatic heterocycles. The number of aromatic nitrogens is 3. The van der Waals surface area contributed by atoms with Gasteiger partial charge in [0.05, 0.1) is 11.0 Å². The maximum Gasteiger partial charge on any atom is 0.223 e. The minimum absolute atomic E-state index is 0.0933. The molecule has 1 amide bonds. The molecule has 1 spiro atoms. The number of ether oxygens (including phenoxy) is 1. The van der Waals surface area contributed by atoms with Gasteiger partial charge in [-0.05, 0) is 94.6 Å². The summed E-state index contributed by atoms with van der Waals surface area (Å²) in [6.45, 7) is 6.19. The lowest BCUT2D eigenvalue weighted by Gasteiger charge is -2.30. The van der Waals surface area contributed by atoms with Gasteiger partial charge in [-0.2, -0.15) is 0 Å². The molecule has 8 heteroatoms. The van der Waals surface area contributed by atoms with E-state index >= 15 is 0 Å². The lowest BCUT2D eigenvalue weighted by molar-refractivity contribution is -0.126. The van der Waals surface area contributed by atoms with Crippen molar-refractivity contribution in [1.82, 2.24) is 19.9 Å². The molecule has 0 bridgehead atoms. The predicted molar refractivity (Wildman–Crippen MR) is 160 cm³/mol. The van der Waals surface area contributed by atoms with Crippen molar-refractivity contribution in [2.24, 2.45) is 17.3 Å². The fraction of sp³-hybridized carbons (Fsp3) is 0.485. The third kappa shape index (κ3) is 5.74. The number of imidazole rings is 1. The molecule has 3 aliphatic carbocycles. The standard InChI is InChI=1S/C33H40FN5O2/c1-4-26(22-8-10-24(34)11-9-22)37-32-38-27-13-12-25(41-30-7-5-6-18-35-30)19-28(27)39(32)29-20-33(29)16-14-23(15-17-33)31(40)36-21(2)3/h5-8,10-13,18-19,21-23,26,29H,4,9,14-17,20H2,1-3H3,(H,36,40)(H,37,38). The van der Waals surface area contributed by atoms with Crippen molar-refractivity contribution in [2.45, 2.75) is 83.8 Å². The molecule has 3 aliphatic rings. The number of nitrogens with zero attached hydrogens (tertiary/aromatic N) is 3. The lowest BCUT2D eigenvalue weighted by atomic mass is 9.78. The summed E-state index contributed by atoms with van der Waals surface area (Å²) in [5.41, 5.74) is 2.12. The third-order valence-corrected chi connectivity index (χ3v) is 9.12. The van der Waals surface area contributed by atoms with Crippen LogP contribution in [0.5, 0.6) is 11.6 Å². The number of anilines is 1. The van der Waals surface area contributed by atoms with Crippen molar-refractivity contribution >= 4 is 22.9 Å². The number of allylic oxidation sites excluding steroid dienone is 3. The molecule has 41 heavy (non-hydrogen) atoms. The number of nitrogens with one attached hydrogen (secondary N) is 2. The molecule has 2 fully saturated rings. The number of hydrogen-bond acceptors (Lipinski definition) is 5. The van der Waals surface area contributed by atoms with Gasteiger partial charge in [0.15, 0.2) is 0 Å². The summed E-state index contributed by atoms with van der Waals surface area (Å²) in [5, 5.41) is 6.87. The SMILES string of the molecule is CCC(Nc1nc2ccc(Oc3ccccn3)cc2n1C1CC12CCC(C(=O)NC(C)C)CC2)C1C=CC(F)=CC1. The molecule has 0 radical (unpaired) electrons. The van der Waals surface area contributed by atoms with E-state index in [9.17, 15) is 9.18 Å². The molecule has 2 heterocycles. The first kappa shape index (κ1) is 27.5. The molecule has 0 saturated heterocycles. The second-order valence-electron chi connectivity index (χ2n) is 12.3. The van der Waals surface area contributed by atoms with E-state index in [-0.39, 0.29) is 41.1 Å². The predicted octanol–water partition coefficient (Wildman–Crippen LogP) is 7.49. The number of hydrogen-bond donors (Lipinski definition) is 2. The van der Waals surface area contributed by atoms with Gasteiger partial charge < -0.3 is 19.9 Å². The Kier molecular flexibility index (Phi) is 7.58. The van der Waals surface area contributed by atoms with Crippen molar-refractivity contribution in [3.8, 4) is 11.6 Å². The highest BCUT2D eigenvalue weighted by Gasteiger charge is 2.57. The third-order valence-electron chi connectivity index (χ3n) is 9.12. The molecule has 2 saturated carbocycles. The van der Waals surface area contributed by atoms with Gasteiger partial charge in [-0.1, -0.05) is 19.1 Å². The normalized spacial score (nSPS) is 26.2. The zero-order chi connectivity index (χ0) is 28.6. The Morgan fingerprint density at radius 1 is 1.22 bits per heavy atom. The Bertz CT molecular complexity index is 1460. The van der Waals surface area contributed by atoms with Crippen LogP contribution in [-0.4, -0.2) is 32.5 Å². The summed E-state index contributed by atoms with van der Waals surface area (Å²) >= 11 is 0. The second kappa shape index (κ2) is 11.3. The Balaban J connectivity index is 1.29. The summed E-state index contributed by atoms with van der Waals surface area (Å²) in [4.78, 5) is 22.1. The lowest BCUT2D eigenvalue weighted by Crippen LogP contribution is -2.37. The van der Waals surface area contributed by atoms with Crippen LogP contribution in [0.4, 0.5) is 10.3 Å². The van der Waals surface area contributed by atoms with Crippen molar-refractivity contribution < 1.29 is 13.9 Å². The van der Waals surface area contributed by atoms with Crippen LogP contribution in [0.25, 0.3) is 11.0 Å². The number of rotatable bonds is 9. The molecule has 2 N–H and O–H groups in total. The van der Waals surface area contributed by atoms with Crippen LogP contribution in [0.15, 0.2) is 66.6 Å². The molecule has 7 nitrogen and oxygen atoms in total. The number of fused-ring (bicyclic) bond motifs is 1. The Hall–Kier alpha value is -3.68. The van der Waals surface area contributed by atoms with Gasteiger partial charge in [-0.25, -0.2) is 14.4 Å². The molecular formula is C33H40FN5O2. The number of carbonyl (C=O) groups excluding carboxylic acids is 1. The molecule has 216 valence electrons. The molecule has 3 aromatic rings. The average molecular weight is 558 g/mol. The fourth-order valence-corrected chi connectivity index (χ4v) is 6.75. The molecule has 6 rings (SSSR count). The van der Waals surface area contributed by atoms with Crippen LogP contribution in [0.2, 0.25) is 0 Å². The van der Waals surface area contributed by atoms with Crippen molar-refractivity contribution in [2.75, 3.05) is 5.32 Å². The van der Waals surface area contributed by atoms with E-state index in [2.05, 4.69) is 33.2 Å². The fourth-order valence-electron chi connectivity index (χ4n) is 6.75. The minimum atomic E-state index is -0.165. The summed E-state index contributed by atoms with van der Waals surface area (Å²) in [7, 11) is 0. The zero-order valence-electron chi connectivity index (χ0n) is 24.1. The van der Waals surface area contributed by atoms with Gasteiger partial charge in [-0.3, -0.25) is 4.79 Å². The van der Waals surface area contributed by atoms with E-state index < -0.39 is 0 Å². The van der Waals surface area contributed by atoms with Gasteiger partial charge in [0.25, 0.3) is 0 Å². The van der Waals surface area contributed by atoms with Crippen LogP contribution >= 0.6 is 0 Å². The first-order valence-electron chi connectivity index (χ1n) is 15.1. The van der Waals surface area contributed by atoms with E-state index in [0.717, 1.165) is 61.3 Å². The molecule has 3 unspecified atom stereocenters. The van der Waals surface area contributed by atoms with E-state index in [0.29, 0.717) is 18.3 Å². The smallest absolute Gasteiger partial charge is 0.223 e. The topological polar surface area (TPSA) is 81.1 Å². The van der Waals surface area contributed by atoms with Gasteiger partial charge >= 0.3 is 0 Å². The Labute approximate surface area is 241 Å². The van der Waals surface area contributed by atoms with Crippen molar-refractivity contribution in [3.05, 3.63) is 66.6 Å². The maximum absolute atomic E-state index is 13.7. The minimum Gasteiger partial charge on any atom is -0.439 e. The summed E-state index contributed by atoms with van der Waals surface area (Å²) in [6.07, 6.45) is 13.5. The average Bonchev–Trinajstić information content (AvgIpc) is 3.52. The van der Waals surface area contributed by atoms with E-state index in [1.165, 1.54) is 0 Å². The van der Waals surface area contributed by atoms with Gasteiger partial charge in [0.2, 0.25) is 17.7 Å². The van der Waals surface area contributed by atoms with Crippen LogP contribution < -0.4 is 15.4 Å². The summed E-state index contributed by atoms with van der Waals surface area (Å²) in [6, 6.07) is 12.2. The number of carbonyl (C=O) groups is 1. The summed E-state index contributed by atoms with van der Waals surface area (Å²) < 4.78 is 22.2. The van der Waals surface area contributed by atoms with Crippen molar-refractivity contribution in [3.63, 3.8) is 0 Å². The van der Waals surface area contributed by atoms with Crippen LogP contribution in [0.3, 0.4) is 0 Å². The van der Waals surface area contributed by atoms with Crippen LogP contribution in [-0.2, 0) is 4.79 Å². The maximum atomic E-state index is 13.7. The van der Waals surface area contributed by atoms with Gasteiger partial charge in [0.1, 0.15) is 11.6 Å². The van der Waals surface area contributed by atoms with Crippen molar-refractivity contribution in [1.29, 1.82) is 0 Å². The first-order valence-corrected chi connectivity index (χ1v) is 15.1. The largest absolute Gasteiger partial charge is 0.439 e. The van der Waals surface area contributed by atoms with Crippen LogP contribution in [0.1, 0.15) is 71.8 Å². The van der Waals surface area contributed by atoms with E-state index in [1.54, 1.807) is 18.3 Å². The highest BCUT2D eigenvalue weighted by atomic mass is 19.1. The number of halogens is 1. The molecule has 1 aromatic carbocycles. The molecular weight excluding hydrogens is 517 g/mol. The van der Waals surface area contributed by atoms with Gasteiger partial charge in [0, 0.05) is 48.3 Å². The number of benzene rings is 1. The second-order valence-corrected chi connectivity index (χ2v) is 12.3. The Morgan fingerprint density at radius 2 is 2.05 bits per heavy atom. The molecule has 3 atom stereocenters. The summed E-state index contributed by atoms with van der Waals surface area (Å²) in [5.74, 6) is 2.43.